The van der Waals surface area contributed by atoms with Crippen molar-refractivity contribution in [2.75, 3.05) is 6.67 Å². The summed E-state index contributed by atoms with van der Waals surface area (Å²) in [6, 6.07) is 11.3. The lowest BCUT2D eigenvalue weighted by atomic mass is 10.0. The number of carboxylic acid groups (broad SMARTS) is 1. The van der Waals surface area contributed by atoms with Gasteiger partial charge < -0.3 is 9.67 Å². The number of pyridine rings is 1. The SMILES string of the molecule is O=C(O)c1c2n(c3cc(-c4ccccc4)c(F)cc3c1=O)C(CF)S2. The van der Waals surface area contributed by atoms with Crippen LogP contribution in [0, 0.1) is 5.82 Å². The van der Waals surface area contributed by atoms with E-state index < -0.39 is 34.8 Å². The Morgan fingerprint density at radius 3 is 2.60 bits per heavy atom. The molecule has 1 aliphatic rings. The Kier molecular flexibility index (Phi) is 3.61. The first-order valence-corrected chi connectivity index (χ1v) is 8.34. The van der Waals surface area contributed by atoms with E-state index in [2.05, 4.69) is 0 Å². The highest BCUT2D eigenvalue weighted by molar-refractivity contribution is 8.00. The number of hydrogen-bond donors (Lipinski definition) is 1. The van der Waals surface area contributed by atoms with E-state index >= 15 is 0 Å². The van der Waals surface area contributed by atoms with Gasteiger partial charge in [0.1, 0.15) is 23.4 Å². The zero-order chi connectivity index (χ0) is 17.7. The fourth-order valence-corrected chi connectivity index (χ4v) is 4.19. The molecule has 3 aromatic rings. The number of halogens is 2. The van der Waals surface area contributed by atoms with Crippen molar-refractivity contribution in [3.63, 3.8) is 0 Å². The van der Waals surface area contributed by atoms with Crippen LogP contribution in [0.25, 0.3) is 22.0 Å². The van der Waals surface area contributed by atoms with Crippen molar-refractivity contribution in [1.29, 1.82) is 0 Å². The van der Waals surface area contributed by atoms with Gasteiger partial charge in [-0.1, -0.05) is 42.1 Å². The van der Waals surface area contributed by atoms with Crippen molar-refractivity contribution in [2.45, 2.75) is 10.4 Å². The summed E-state index contributed by atoms with van der Waals surface area (Å²) >= 11 is 1.00. The maximum Gasteiger partial charge on any atom is 0.342 e. The summed E-state index contributed by atoms with van der Waals surface area (Å²) in [7, 11) is 0. The van der Waals surface area contributed by atoms with Gasteiger partial charge in [0.2, 0.25) is 5.43 Å². The summed E-state index contributed by atoms with van der Waals surface area (Å²) in [6.45, 7) is -0.716. The van der Waals surface area contributed by atoms with Crippen LogP contribution in [0.4, 0.5) is 8.78 Å². The third kappa shape index (κ3) is 2.26. The number of carboxylic acids is 1. The second-order valence-corrected chi connectivity index (χ2v) is 6.79. The van der Waals surface area contributed by atoms with Gasteiger partial charge in [-0.25, -0.2) is 13.6 Å². The third-order valence-electron chi connectivity index (χ3n) is 4.22. The highest BCUT2D eigenvalue weighted by atomic mass is 32.2. The van der Waals surface area contributed by atoms with Crippen LogP contribution in [0.5, 0.6) is 0 Å². The molecule has 1 atom stereocenters. The van der Waals surface area contributed by atoms with E-state index in [9.17, 15) is 23.5 Å². The molecule has 1 aliphatic heterocycles. The number of aromatic carboxylic acids is 1. The van der Waals surface area contributed by atoms with Crippen LogP contribution in [-0.4, -0.2) is 22.3 Å². The van der Waals surface area contributed by atoms with Gasteiger partial charge in [0.15, 0.2) is 0 Å². The lowest BCUT2D eigenvalue weighted by Gasteiger charge is -2.33. The van der Waals surface area contributed by atoms with E-state index in [1.165, 1.54) is 10.6 Å². The van der Waals surface area contributed by atoms with E-state index in [4.69, 9.17) is 0 Å². The van der Waals surface area contributed by atoms with Gasteiger partial charge in [-0.3, -0.25) is 4.79 Å². The number of thioether (sulfide) groups is 1. The van der Waals surface area contributed by atoms with Gasteiger partial charge in [0.25, 0.3) is 0 Å². The normalized spacial score (nSPS) is 15.7. The minimum atomic E-state index is -1.40. The first-order chi connectivity index (χ1) is 12.0. The van der Waals surface area contributed by atoms with Gasteiger partial charge in [-0.2, -0.15) is 0 Å². The van der Waals surface area contributed by atoms with E-state index in [-0.39, 0.29) is 16.0 Å². The van der Waals surface area contributed by atoms with Gasteiger partial charge in [-0.05, 0) is 17.7 Å². The lowest BCUT2D eigenvalue weighted by molar-refractivity contribution is 0.0689. The van der Waals surface area contributed by atoms with Crippen molar-refractivity contribution >= 4 is 28.6 Å². The minimum Gasteiger partial charge on any atom is -0.477 e. The van der Waals surface area contributed by atoms with Gasteiger partial charge in [0.05, 0.1) is 10.5 Å². The molecule has 1 aromatic heterocycles. The van der Waals surface area contributed by atoms with Crippen molar-refractivity contribution in [3.8, 4) is 11.1 Å². The minimum absolute atomic E-state index is 0.0583. The molecular formula is C18H11F2NO3S. The second kappa shape index (κ2) is 5.70. The number of aromatic nitrogens is 1. The molecule has 126 valence electrons. The first-order valence-electron chi connectivity index (χ1n) is 7.46. The highest BCUT2D eigenvalue weighted by Crippen LogP contribution is 2.47. The Balaban J connectivity index is 2.09. The molecule has 0 amide bonds. The molecule has 0 bridgehead atoms. The molecular weight excluding hydrogens is 348 g/mol. The molecule has 25 heavy (non-hydrogen) atoms. The maximum atomic E-state index is 14.6. The number of rotatable bonds is 3. The lowest BCUT2D eigenvalue weighted by Crippen LogP contribution is -2.30. The number of alkyl halides is 1. The summed E-state index contributed by atoms with van der Waals surface area (Å²) in [6.07, 6.45) is 0. The second-order valence-electron chi connectivity index (χ2n) is 5.63. The Morgan fingerprint density at radius 2 is 1.96 bits per heavy atom. The third-order valence-corrected chi connectivity index (χ3v) is 5.45. The smallest absolute Gasteiger partial charge is 0.342 e. The van der Waals surface area contributed by atoms with Crippen LogP contribution < -0.4 is 5.43 Å². The number of benzene rings is 2. The number of nitrogens with zero attached hydrogens (tertiary/aromatic N) is 1. The largest absolute Gasteiger partial charge is 0.477 e. The Morgan fingerprint density at radius 1 is 1.24 bits per heavy atom. The Hall–Kier alpha value is -2.67. The molecule has 0 fully saturated rings. The quantitative estimate of drug-likeness (QED) is 0.766. The van der Waals surface area contributed by atoms with Crippen molar-refractivity contribution in [1.82, 2.24) is 4.57 Å². The monoisotopic (exact) mass is 359 g/mol. The van der Waals surface area contributed by atoms with Crippen molar-refractivity contribution in [3.05, 3.63) is 64.1 Å². The van der Waals surface area contributed by atoms with Crippen LogP contribution >= 0.6 is 11.8 Å². The fraction of sp³-hybridized carbons (Fsp3) is 0.111. The zero-order valence-corrected chi connectivity index (χ0v) is 13.5. The van der Waals surface area contributed by atoms with E-state index in [0.29, 0.717) is 11.1 Å². The van der Waals surface area contributed by atoms with Crippen molar-refractivity contribution in [2.24, 2.45) is 0 Å². The van der Waals surface area contributed by atoms with Crippen LogP contribution in [0.3, 0.4) is 0 Å². The molecule has 1 N–H and O–H groups in total. The summed E-state index contributed by atoms with van der Waals surface area (Å²) in [4.78, 5) is 23.9. The van der Waals surface area contributed by atoms with E-state index in [0.717, 1.165) is 17.8 Å². The van der Waals surface area contributed by atoms with Gasteiger partial charge in [-0.15, -0.1) is 0 Å². The zero-order valence-electron chi connectivity index (χ0n) is 12.7. The fourth-order valence-electron chi connectivity index (χ4n) is 3.07. The molecule has 0 aliphatic carbocycles. The Labute approximate surface area is 144 Å². The summed E-state index contributed by atoms with van der Waals surface area (Å²) in [5.74, 6) is -2.02. The summed E-state index contributed by atoms with van der Waals surface area (Å²) in [5, 5.41) is 8.84. The molecule has 0 saturated heterocycles. The van der Waals surface area contributed by atoms with Crippen LogP contribution in [-0.2, 0) is 0 Å². The predicted octanol–water partition coefficient (Wildman–Crippen LogP) is 4.08. The average Bonchev–Trinajstić information content (AvgIpc) is 2.58. The molecule has 7 heteroatoms. The molecule has 0 radical (unpaired) electrons. The molecule has 0 spiro atoms. The van der Waals surface area contributed by atoms with E-state index in [1.54, 1.807) is 30.3 Å². The number of carbonyl (C=O) groups is 1. The standard InChI is InChI=1S/C18H11F2NO3S/c19-8-14-21-13-7-10(9-4-2-1-3-5-9)12(20)6-11(13)16(22)15(18(23)24)17(21)25-14/h1-7,14H,8H2,(H,23,24). The summed E-state index contributed by atoms with van der Waals surface area (Å²) in [5.41, 5.74) is 0.0485. The Bertz CT molecular complexity index is 1080. The predicted molar refractivity (Wildman–Crippen MR) is 91.4 cm³/mol. The molecule has 4 rings (SSSR count). The number of hydrogen-bond acceptors (Lipinski definition) is 3. The molecule has 2 aromatic carbocycles. The highest BCUT2D eigenvalue weighted by Gasteiger charge is 2.35. The van der Waals surface area contributed by atoms with E-state index in [1.807, 2.05) is 0 Å². The average molecular weight is 359 g/mol. The van der Waals surface area contributed by atoms with Gasteiger partial charge >= 0.3 is 5.97 Å². The molecule has 1 unspecified atom stereocenters. The molecule has 0 saturated carbocycles. The molecule has 2 heterocycles. The maximum absolute atomic E-state index is 14.6. The van der Waals surface area contributed by atoms with Crippen LogP contribution in [0.2, 0.25) is 0 Å². The van der Waals surface area contributed by atoms with Crippen LogP contribution in [0.1, 0.15) is 15.7 Å². The topological polar surface area (TPSA) is 59.3 Å². The first kappa shape index (κ1) is 15.8. The molecule has 4 nitrogen and oxygen atoms in total. The number of fused-ring (bicyclic) bond motifs is 3. The van der Waals surface area contributed by atoms with Crippen LogP contribution in [0.15, 0.2) is 52.3 Å². The van der Waals surface area contributed by atoms with Gasteiger partial charge in [0, 0.05) is 10.9 Å². The van der Waals surface area contributed by atoms with Crippen molar-refractivity contribution < 1.29 is 18.7 Å². The summed E-state index contributed by atoms with van der Waals surface area (Å²) < 4.78 is 29.3.